The summed E-state index contributed by atoms with van der Waals surface area (Å²) in [5, 5.41) is 7.59. The molecule has 1 amide bonds. The lowest BCUT2D eigenvalue weighted by Gasteiger charge is -2.27. The number of ether oxygens (including phenoxy) is 2. The van der Waals surface area contributed by atoms with Crippen molar-refractivity contribution in [2.75, 3.05) is 18.1 Å². The third-order valence-electron chi connectivity index (χ3n) is 6.96. The van der Waals surface area contributed by atoms with Crippen LogP contribution in [0.3, 0.4) is 0 Å². The smallest absolute Gasteiger partial charge is 0.338 e. The number of carbonyl (C=O) groups is 2. The summed E-state index contributed by atoms with van der Waals surface area (Å²) >= 11 is 0. The van der Waals surface area contributed by atoms with E-state index in [4.69, 9.17) is 9.47 Å². The SMILES string of the molecule is CCOC(=O)c1ccc(N2C(=O)c3[nH]nc(-c4ccc(OCC)cc4)c3C2c2ccc(C(C)(C)C)cc2)cc1. The molecular weight excluding hydrogens is 490 g/mol. The fourth-order valence-electron chi connectivity index (χ4n) is 4.96. The Morgan fingerprint density at radius 1 is 0.923 bits per heavy atom. The predicted octanol–water partition coefficient (Wildman–Crippen LogP) is 6.70. The average Bonchev–Trinajstić information content (AvgIpc) is 3.48. The van der Waals surface area contributed by atoms with Crippen LogP contribution in [0.15, 0.2) is 72.8 Å². The number of anilines is 1. The Bertz CT molecular complexity index is 1480. The molecule has 39 heavy (non-hydrogen) atoms. The third kappa shape index (κ3) is 4.92. The molecule has 0 radical (unpaired) electrons. The van der Waals surface area contributed by atoms with Gasteiger partial charge in [0, 0.05) is 16.8 Å². The van der Waals surface area contributed by atoms with E-state index in [1.54, 1.807) is 36.1 Å². The van der Waals surface area contributed by atoms with Crippen molar-refractivity contribution in [3.05, 3.63) is 101 Å². The summed E-state index contributed by atoms with van der Waals surface area (Å²) in [4.78, 5) is 27.8. The summed E-state index contributed by atoms with van der Waals surface area (Å²) in [6, 6.07) is 22.7. The second-order valence-electron chi connectivity index (χ2n) is 10.5. The van der Waals surface area contributed by atoms with Crippen molar-refractivity contribution in [1.82, 2.24) is 10.2 Å². The molecule has 1 aromatic heterocycles. The molecule has 7 nitrogen and oxygen atoms in total. The first-order valence-electron chi connectivity index (χ1n) is 13.3. The van der Waals surface area contributed by atoms with Crippen LogP contribution in [0, 0.1) is 0 Å². The van der Waals surface area contributed by atoms with Crippen LogP contribution in [0.25, 0.3) is 11.3 Å². The van der Waals surface area contributed by atoms with Crippen LogP contribution in [-0.2, 0) is 10.2 Å². The monoisotopic (exact) mass is 523 g/mol. The number of aromatic amines is 1. The number of fused-ring (bicyclic) bond motifs is 1. The zero-order chi connectivity index (χ0) is 27.7. The van der Waals surface area contributed by atoms with E-state index in [1.807, 2.05) is 31.2 Å². The van der Waals surface area contributed by atoms with Gasteiger partial charge >= 0.3 is 5.97 Å². The molecule has 0 aliphatic carbocycles. The number of esters is 1. The zero-order valence-corrected chi connectivity index (χ0v) is 22.9. The maximum absolute atomic E-state index is 13.9. The zero-order valence-electron chi connectivity index (χ0n) is 22.9. The van der Waals surface area contributed by atoms with Crippen LogP contribution in [-0.4, -0.2) is 35.3 Å². The second kappa shape index (κ2) is 10.4. The summed E-state index contributed by atoms with van der Waals surface area (Å²) < 4.78 is 10.7. The van der Waals surface area contributed by atoms with Gasteiger partial charge in [0.2, 0.25) is 0 Å². The molecule has 0 saturated carbocycles. The van der Waals surface area contributed by atoms with Crippen molar-refractivity contribution in [2.24, 2.45) is 0 Å². The van der Waals surface area contributed by atoms with E-state index in [9.17, 15) is 9.59 Å². The molecule has 0 saturated heterocycles. The minimum absolute atomic E-state index is 0.000901. The van der Waals surface area contributed by atoms with Gasteiger partial charge in [-0.05, 0) is 78.9 Å². The van der Waals surface area contributed by atoms with E-state index in [-0.39, 0.29) is 11.3 Å². The maximum atomic E-state index is 13.9. The van der Waals surface area contributed by atoms with Crippen LogP contribution < -0.4 is 9.64 Å². The van der Waals surface area contributed by atoms with Crippen LogP contribution in [0.4, 0.5) is 5.69 Å². The molecule has 0 fully saturated rings. The Hall–Kier alpha value is -4.39. The Balaban J connectivity index is 1.61. The lowest BCUT2D eigenvalue weighted by Crippen LogP contribution is -2.29. The summed E-state index contributed by atoms with van der Waals surface area (Å²) in [5.41, 5.74) is 6.19. The molecule has 1 N–H and O–H groups in total. The lowest BCUT2D eigenvalue weighted by atomic mass is 9.85. The molecule has 0 spiro atoms. The molecule has 4 aromatic rings. The molecule has 3 aromatic carbocycles. The topological polar surface area (TPSA) is 84.5 Å². The number of hydrogen-bond donors (Lipinski definition) is 1. The standard InChI is InChI=1S/C32H33N3O4/c1-6-38-25-18-12-20(13-19-25)27-26-28(34-33-27)30(36)35(24-16-10-22(11-17-24)31(37)39-7-2)29(26)21-8-14-23(15-9-21)32(3,4)5/h8-19,29H,6-7H2,1-5H3,(H,33,34). The fraction of sp³-hybridized carbons (Fsp3) is 0.281. The molecule has 1 aliphatic rings. The van der Waals surface area contributed by atoms with E-state index < -0.39 is 12.0 Å². The van der Waals surface area contributed by atoms with Gasteiger partial charge in [0.25, 0.3) is 5.91 Å². The first-order valence-corrected chi connectivity index (χ1v) is 13.3. The van der Waals surface area contributed by atoms with Gasteiger partial charge in [0.15, 0.2) is 0 Å². The van der Waals surface area contributed by atoms with E-state index in [0.29, 0.717) is 30.2 Å². The Morgan fingerprint density at radius 2 is 1.59 bits per heavy atom. The number of nitrogens with one attached hydrogen (secondary N) is 1. The van der Waals surface area contributed by atoms with Crippen molar-refractivity contribution < 1.29 is 19.1 Å². The molecule has 2 heterocycles. The van der Waals surface area contributed by atoms with Crippen molar-refractivity contribution in [2.45, 2.75) is 46.1 Å². The Kier molecular flexibility index (Phi) is 7.00. The van der Waals surface area contributed by atoms with Crippen LogP contribution >= 0.6 is 0 Å². The maximum Gasteiger partial charge on any atom is 0.338 e. The summed E-state index contributed by atoms with van der Waals surface area (Å²) in [6.07, 6.45) is 0. The quantitative estimate of drug-likeness (QED) is 0.273. The minimum atomic E-state index is -0.407. The van der Waals surface area contributed by atoms with Crippen LogP contribution in [0.1, 0.15) is 78.2 Å². The number of hydrogen-bond acceptors (Lipinski definition) is 5. The number of amides is 1. The van der Waals surface area contributed by atoms with Gasteiger partial charge in [-0.2, -0.15) is 5.10 Å². The summed E-state index contributed by atoms with van der Waals surface area (Å²) in [7, 11) is 0. The highest BCUT2D eigenvalue weighted by Gasteiger charge is 2.43. The van der Waals surface area contributed by atoms with Gasteiger partial charge in [0.05, 0.1) is 30.5 Å². The highest BCUT2D eigenvalue weighted by molar-refractivity contribution is 6.12. The molecule has 0 bridgehead atoms. The Morgan fingerprint density at radius 3 is 2.18 bits per heavy atom. The number of H-pyrrole nitrogens is 1. The molecule has 1 aliphatic heterocycles. The first kappa shape index (κ1) is 26.2. The van der Waals surface area contributed by atoms with Crippen LogP contribution in [0.2, 0.25) is 0 Å². The normalized spacial score (nSPS) is 14.8. The molecule has 5 rings (SSSR count). The van der Waals surface area contributed by atoms with E-state index in [1.165, 1.54) is 5.56 Å². The highest BCUT2D eigenvalue weighted by atomic mass is 16.5. The molecular formula is C32H33N3O4. The highest BCUT2D eigenvalue weighted by Crippen LogP contribution is 2.45. The van der Waals surface area contributed by atoms with Gasteiger partial charge in [-0.3, -0.25) is 14.8 Å². The molecule has 200 valence electrons. The minimum Gasteiger partial charge on any atom is -0.494 e. The van der Waals surface area contributed by atoms with Gasteiger partial charge < -0.3 is 9.47 Å². The number of aromatic nitrogens is 2. The number of carbonyl (C=O) groups excluding carboxylic acids is 2. The largest absolute Gasteiger partial charge is 0.494 e. The summed E-state index contributed by atoms with van der Waals surface area (Å²) in [5.74, 6) is 0.212. The van der Waals surface area contributed by atoms with Crippen LogP contribution in [0.5, 0.6) is 5.75 Å². The number of nitrogens with zero attached hydrogens (tertiary/aromatic N) is 2. The van der Waals surface area contributed by atoms with Crippen molar-refractivity contribution in [1.29, 1.82) is 0 Å². The van der Waals surface area contributed by atoms with Gasteiger partial charge in [-0.25, -0.2) is 4.79 Å². The van der Waals surface area contributed by atoms with Gasteiger partial charge in [-0.15, -0.1) is 0 Å². The first-order chi connectivity index (χ1) is 18.7. The van der Waals surface area contributed by atoms with E-state index >= 15 is 0 Å². The van der Waals surface area contributed by atoms with Gasteiger partial charge in [0.1, 0.15) is 11.4 Å². The molecule has 7 heteroatoms. The lowest BCUT2D eigenvalue weighted by molar-refractivity contribution is 0.0526. The van der Waals surface area contributed by atoms with E-state index in [0.717, 1.165) is 28.1 Å². The predicted molar refractivity (Wildman–Crippen MR) is 151 cm³/mol. The van der Waals surface area contributed by atoms with Crippen molar-refractivity contribution in [3.63, 3.8) is 0 Å². The molecule has 1 atom stereocenters. The number of rotatable bonds is 7. The van der Waals surface area contributed by atoms with Gasteiger partial charge in [-0.1, -0.05) is 45.0 Å². The average molecular weight is 524 g/mol. The second-order valence-corrected chi connectivity index (χ2v) is 10.5. The van der Waals surface area contributed by atoms with E-state index in [2.05, 4.69) is 55.2 Å². The van der Waals surface area contributed by atoms with Crippen molar-refractivity contribution in [3.8, 4) is 17.0 Å². The fourth-order valence-corrected chi connectivity index (χ4v) is 4.96. The number of benzene rings is 3. The third-order valence-corrected chi connectivity index (χ3v) is 6.96. The Labute approximate surface area is 228 Å². The summed E-state index contributed by atoms with van der Waals surface area (Å²) in [6.45, 7) is 11.1. The van der Waals surface area contributed by atoms with Crippen molar-refractivity contribution >= 4 is 17.6 Å². The molecule has 1 unspecified atom stereocenters.